The Balaban J connectivity index is 2.20. The summed E-state index contributed by atoms with van der Waals surface area (Å²) in [6.07, 6.45) is 5.72. The molecule has 1 aliphatic carbocycles. The van der Waals surface area contributed by atoms with Crippen LogP contribution >= 0.6 is 11.8 Å². The SMILES string of the molecule is CC1(C)CCSCC1(NC1CCCC1)C(=O)O. The molecule has 1 aliphatic heterocycles. The molecule has 2 N–H and O–H groups in total. The predicted molar refractivity (Wildman–Crippen MR) is 71.5 cm³/mol. The Labute approximate surface area is 108 Å². The van der Waals surface area contributed by atoms with Crippen LogP contribution in [0.5, 0.6) is 0 Å². The maximum Gasteiger partial charge on any atom is 0.325 e. The van der Waals surface area contributed by atoms with E-state index >= 15 is 0 Å². The van der Waals surface area contributed by atoms with Gasteiger partial charge in [-0.3, -0.25) is 10.1 Å². The molecule has 0 amide bonds. The fourth-order valence-electron chi connectivity index (χ4n) is 3.03. The van der Waals surface area contributed by atoms with E-state index in [1.54, 1.807) is 11.8 Å². The normalized spacial score (nSPS) is 33.8. The number of carbonyl (C=O) groups is 1. The van der Waals surface area contributed by atoms with Crippen molar-refractivity contribution in [2.45, 2.75) is 57.5 Å². The van der Waals surface area contributed by atoms with E-state index in [4.69, 9.17) is 0 Å². The van der Waals surface area contributed by atoms with Crippen LogP contribution < -0.4 is 5.32 Å². The number of nitrogens with one attached hydrogen (secondary N) is 1. The molecule has 1 saturated heterocycles. The van der Waals surface area contributed by atoms with E-state index in [0.717, 1.165) is 25.0 Å². The number of carboxylic acid groups (broad SMARTS) is 1. The minimum absolute atomic E-state index is 0.160. The van der Waals surface area contributed by atoms with Gasteiger partial charge in [0.05, 0.1) is 0 Å². The zero-order valence-corrected chi connectivity index (χ0v) is 11.6. The Morgan fingerprint density at radius 3 is 2.53 bits per heavy atom. The van der Waals surface area contributed by atoms with Gasteiger partial charge in [0, 0.05) is 11.8 Å². The van der Waals surface area contributed by atoms with Crippen LogP contribution in [0, 0.1) is 5.41 Å². The smallest absolute Gasteiger partial charge is 0.325 e. The molecule has 98 valence electrons. The third-order valence-electron chi connectivity index (χ3n) is 4.52. The van der Waals surface area contributed by atoms with Crippen molar-refractivity contribution >= 4 is 17.7 Å². The summed E-state index contributed by atoms with van der Waals surface area (Å²) in [5, 5.41) is 13.2. The molecule has 0 spiro atoms. The van der Waals surface area contributed by atoms with Gasteiger partial charge in [0.25, 0.3) is 0 Å². The van der Waals surface area contributed by atoms with Crippen LogP contribution in [0.25, 0.3) is 0 Å². The van der Waals surface area contributed by atoms with Crippen molar-refractivity contribution < 1.29 is 9.90 Å². The molecule has 0 bridgehead atoms. The van der Waals surface area contributed by atoms with Crippen LogP contribution in [-0.2, 0) is 4.79 Å². The van der Waals surface area contributed by atoms with E-state index in [1.807, 2.05) is 0 Å². The summed E-state index contributed by atoms with van der Waals surface area (Å²) in [5.41, 5.74) is -0.891. The standard InChI is InChI=1S/C13H23NO2S/c1-12(2)7-8-17-9-13(12,11(15)16)14-10-5-3-4-6-10/h10,14H,3-9H2,1-2H3,(H,15,16). The van der Waals surface area contributed by atoms with Gasteiger partial charge < -0.3 is 5.11 Å². The lowest BCUT2D eigenvalue weighted by Crippen LogP contribution is -2.67. The van der Waals surface area contributed by atoms with Gasteiger partial charge in [-0.2, -0.15) is 11.8 Å². The second-order valence-corrected chi connectivity index (χ2v) is 7.13. The molecule has 0 aromatic carbocycles. The highest BCUT2D eigenvalue weighted by Crippen LogP contribution is 2.43. The number of aliphatic carboxylic acids is 1. The number of rotatable bonds is 3. The number of hydrogen-bond acceptors (Lipinski definition) is 3. The molecular formula is C13H23NO2S. The van der Waals surface area contributed by atoms with E-state index in [0.29, 0.717) is 11.8 Å². The van der Waals surface area contributed by atoms with Gasteiger partial charge >= 0.3 is 5.97 Å². The summed E-state index contributed by atoms with van der Waals surface area (Å²) in [5.74, 6) is 1.11. The van der Waals surface area contributed by atoms with Gasteiger partial charge in [-0.15, -0.1) is 0 Å². The molecule has 1 heterocycles. The van der Waals surface area contributed by atoms with Crippen LogP contribution in [0.1, 0.15) is 46.0 Å². The lowest BCUT2D eigenvalue weighted by Gasteiger charge is -2.48. The Morgan fingerprint density at radius 2 is 2.00 bits per heavy atom. The van der Waals surface area contributed by atoms with Crippen molar-refractivity contribution in [2.24, 2.45) is 5.41 Å². The highest BCUT2D eigenvalue weighted by Gasteiger charge is 2.53. The van der Waals surface area contributed by atoms with Gasteiger partial charge in [0.2, 0.25) is 0 Å². The molecule has 2 rings (SSSR count). The molecule has 1 unspecified atom stereocenters. The van der Waals surface area contributed by atoms with Crippen molar-refractivity contribution in [3.63, 3.8) is 0 Å². The lowest BCUT2D eigenvalue weighted by atomic mass is 9.70. The first-order valence-corrected chi connectivity index (χ1v) is 7.72. The van der Waals surface area contributed by atoms with Crippen molar-refractivity contribution in [3.8, 4) is 0 Å². The Hall–Kier alpha value is -0.220. The zero-order valence-electron chi connectivity index (χ0n) is 10.8. The fourth-order valence-corrected chi connectivity index (χ4v) is 4.73. The third-order valence-corrected chi connectivity index (χ3v) is 5.65. The summed E-state index contributed by atoms with van der Waals surface area (Å²) < 4.78 is 0. The van der Waals surface area contributed by atoms with Gasteiger partial charge in [-0.05, 0) is 30.4 Å². The number of hydrogen-bond donors (Lipinski definition) is 2. The molecule has 4 heteroatoms. The van der Waals surface area contributed by atoms with Crippen molar-refractivity contribution in [1.82, 2.24) is 5.32 Å². The van der Waals surface area contributed by atoms with E-state index in [9.17, 15) is 9.90 Å². The largest absolute Gasteiger partial charge is 0.480 e. The second-order valence-electron chi connectivity index (χ2n) is 6.02. The molecule has 0 aromatic heterocycles. The zero-order chi connectivity index (χ0) is 12.5. The fraction of sp³-hybridized carbons (Fsp3) is 0.923. The maximum atomic E-state index is 11.8. The highest BCUT2D eigenvalue weighted by molar-refractivity contribution is 7.99. The first kappa shape index (κ1) is 13.2. The topological polar surface area (TPSA) is 49.3 Å². The molecule has 3 nitrogen and oxygen atoms in total. The molecule has 2 fully saturated rings. The van der Waals surface area contributed by atoms with Gasteiger partial charge in [-0.25, -0.2) is 0 Å². The molecule has 0 radical (unpaired) electrons. The number of thioether (sulfide) groups is 1. The molecule has 1 saturated carbocycles. The van der Waals surface area contributed by atoms with Crippen molar-refractivity contribution in [1.29, 1.82) is 0 Å². The van der Waals surface area contributed by atoms with Crippen LogP contribution in [-0.4, -0.2) is 34.2 Å². The average molecular weight is 257 g/mol. The summed E-state index contributed by atoms with van der Waals surface area (Å²) in [4.78, 5) is 11.8. The minimum Gasteiger partial charge on any atom is -0.480 e. The first-order chi connectivity index (χ1) is 7.98. The van der Waals surface area contributed by atoms with Crippen LogP contribution in [0.4, 0.5) is 0 Å². The van der Waals surface area contributed by atoms with Gasteiger partial charge in [0.15, 0.2) is 0 Å². The summed E-state index contributed by atoms with van der Waals surface area (Å²) in [7, 11) is 0. The Kier molecular flexibility index (Phi) is 3.74. The molecule has 1 atom stereocenters. The van der Waals surface area contributed by atoms with Crippen molar-refractivity contribution in [3.05, 3.63) is 0 Å². The third kappa shape index (κ3) is 2.34. The maximum absolute atomic E-state index is 11.8. The summed E-state index contributed by atoms with van der Waals surface area (Å²) in [6.45, 7) is 4.20. The van der Waals surface area contributed by atoms with E-state index in [-0.39, 0.29) is 5.41 Å². The van der Waals surface area contributed by atoms with E-state index in [1.165, 1.54) is 12.8 Å². The lowest BCUT2D eigenvalue weighted by molar-refractivity contribution is -0.150. The van der Waals surface area contributed by atoms with Crippen LogP contribution in [0.3, 0.4) is 0 Å². The number of carboxylic acids is 1. The average Bonchev–Trinajstić information content (AvgIpc) is 2.73. The molecule has 2 aliphatic rings. The summed E-state index contributed by atoms with van der Waals surface area (Å²) >= 11 is 1.77. The van der Waals surface area contributed by atoms with Crippen LogP contribution in [0.2, 0.25) is 0 Å². The highest BCUT2D eigenvalue weighted by atomic mass is 32.2. The molecule has 0 aromatic rings. The van der Waals surface area contributed by atoms with Gasteiger partial charge in [-0.1, -0.05) is 26.7 Å². The van der Waals surface area contributed by atoms with Crippen LogP contribution in [0.15, 0.2) is 0 Å². The predicted octanol–water partition coefficient (Wildman–Crippen LogP) is 2.51. The Bertz CT molecular complexity index is 300. The minimum atomic E-state index is -0.731. The Morgan fingerprint density at radius 1 is 1.35 bits per heavy atom. The van der Waals surface area contributed by atoms with E-state index in [2.05, 4.69) is 19.2 Å². The monoisotopic (exact) mass is 257 g/mol. The molecular weight excluding hydrogens is 234 g/mol. The second kappa shape index (κ2) is 4.81. The quantitative estimate of drug-likeness (QED) is 0.815. The van der Waals surface area contributed by atoms with E-state index < -0.39 is 11.5 Å². The van der Waals surface area contributed by atoms with Gasteiger partial charge in [0.1, 0.15) is 5.54 Å². The first-order valence-electron chi connectivity index (χ1n) is 6.57. The molecule has 17 heavy (non-hydrogen) atoms. The summed E-state index contributed by atoms with van der Waals surface area (Å²) in [6, 6.07) is 0.407. The van der Waals surface area contributed by atoms with Crippen molar-refractivity contribution in [2.75, 3.05) is 11.5 Å².